The Labute approximate surface area is 180 Å². The second-order valence-electron chi connectivity index (χ2n) is 7.34. The highest BCUT2D eigenvalue weighted by Crippen LogP contribution is 2.42. The van der Waals surface area contributed by atoms with Crippen molar-refractivity contribution in [3.63, 3.8) is 0 Å². The molecule has 32 heavy (non-hydrogen) atoms. The molecule has 8 N–H and O–H groups in total. The molecular weight excluding hydrogens is 428 g/mol. The van der Waals surface area contributed by atoms with Crippen molar-refractivity contribution >= 4 is 11.0 Å². The molecule has 4 rings (SSSR count). The SMILES string of the molecule is OCC1O[C@@H](Oc2cc3c(O)cc(O)cc3[o+]c2-c2ccc(O)c(O)c2)C(O)C(O)[C@@H]1O. The van der Waals surface area contributed by atoms with Crippen molar-refractivity contribution in [3.05, 3.63) is 36.4 Å². The molecule has 1 saturated heterocycles. The van der Waals surface area contributed by atoms with E-state index < -0.39 is 43.1 Å². The summed E-state index contributed by atoms with van der Waals surface area (Å²) in [4.78, 5) is 0. The molecule has 0 bridgehead atoms. The van der Waals surface area contributed by atoms with Gasteiger partial charge < -0.3 is 50.3 Å². The summed E-state index contributed by atoms with van der Waals surface area (Å²) in [7, 11) is 0. The fourth-order valence-corrected chi connectivity index (χ4v) is 3.43. The summed E-state index contributed by atoms with van der Waals surface area (Å²) in [5.74, 6) is -1.64. The van der Waals surface area contributed by atoms with Crippen molar-refractivity contribution in [2.75, 3.05) is 6.61 Å². The highest BCUT2D eigenvalue weighted by atomic mass is 16.7. The molecule has 2 heterocycles. The lowest BCUT2D eigenvalue weighted by Crippen LogP contribution is -2.60. The summed E-state index contributed by atoms with van der Waals surface area (Å²) >= 11 is 0. The summed E-state index contributed by atoms with van der Waals surface area (Å²) in [5, 5.41) is 79.2. The quantitative estimate of drug-likeness (QED) is 0.203. The van der Waals surface area contributed by atoms with Gasteiger partial charge in [-0.1, -0.05) is 0 Å². The van der Waals surface area contributed by atoms with Crippen LogP contribution >= 0.6 is 0 Å². The third-order valence-electron chi connectivity index (χ3n) is 5.15. The maximum atomic E-state index is 10.3. The molecule has 11 nitrogen and oxygen atoms in total. The minimum atomic E-state index is -1.71. The minimum Gasteiger partial charge on any atom is -0.507 e. The number of hydrogen-bond donors (Lipinski definition) is 8. The smallest absolute Gasteiger partial charge is 0.402 e. The second-order valence-corrected chi connectivity index (χ2v) is 7.34. The van der Waals surface area contributed by atoms with Gasteiger partial charge in [-0.25, -0.2) is 4.42 Å². The van der Waals surface area contributed by atoms with Crippen LogP contribution in [0.1, 0.15) is 0 Å². The highest BCUT2D eigenvalue weighted by molar-refractivity contribution is 5.88. The van der Waals surface area contributed by atoms with Crippen molar-refractivity contribution in [2.24, 2.45) is 0 Å². The number of rotatable bonds is 4. The number of benzene rings is 2. The van der Waals surface area contributed by atoms with Gasteiger partial charge in [-0.15, -0.1) is 0 Å². The highest BCUT2D eigenvalue weighted by Gasteiger charge is 2.45. The van der Waals surface area contributed by atoms with Crippen molar-refractivity contribution < 1.29 is 54.7 Å². The Hall–Kier alpha value is -3.35. The number of ether oxygens (including phenoxy) is 2. The average Bonchev–Trinajstić information content (AvgIpc) is 2.76. The maximum Gasteiger partial charge on any atom is 0.402 e. The van der Waals surface area contributed by atoms with E-state index in [0.29, 0.717) is 0 Å². The Morgan fingerprint density at radius 1 is 0.844 bits per heavy atom. The third-order valence-corrected chi connectivity index (χ3v) is 5.15. The molecule has 1 fully saturated rings. The fourth-order valence-electron chi connectivity index (χ4n) is 3.43. The van der Waals surface area contributed by atoms with Crippen LogP contribution in [0.3, 0.4) is 0 Å². The molecule has 0 amide bonds. The normalized spacial score (nSPS) is 25.7. The maximum absolute atomic E-state index is 10.3. The Morgan fingerprint density at radius 3 is 2.28 bits per heavy atom. The van der Waals surface area contributed by atoms with E-state index in [4.69, 9.17) is 13.9 Å². The van der Waals surface area contributed by atoms with Crippen LogP contribution in [0.15, 0.2) is 40.8 Å². The van der Waals surface area contributed by atoms with Crippen LogP contribution in [-0.2, 0) is 4.74 Å². The lowest BCUT2D eigenvalue weighted by Gasteiger charge is -2.39. The van der Waals surface area contributed by atoms with Gasteiger partial charge in [0.1, 0.15) is 41.3 Å². The largest absolute Gasteiger partial charge is 0.507 e. The standard InChI is InChI=1S/C21H20O11/c22-7-16-17(27)18(28)19(29)21(32-16)31-15-6-10-12(25)4-9(23)5-14(10)30-20(15)8-1-2-11(24)13(26)3-8/h1-6,16-19,21-22,27-29H,7H2,(H3-,23,24,25,26)/p+1/t16?,17-,18?,19?,21-/m1/s1. The van der Waals surface area contributed by atoms with E-state index in [1.807, 2.05) is 0 Å². The van der Waals surface area contributed by atoms with Crippen molar-refractivity contribution in [1.82, 2.24) is 0 Å². The number of phenols is 4. The molecule has 1 aromatic heterocycles. The van der Waals surface area contributed by atoms with Gasteiger partial charge in [0.25, 0.3) is 0 Å². The van der Waals surface area contributed by atoms with Crippen LogP contribution in [0.5, 0.6) is 28.7 Å². The molecule has 0 saturated carbocycles. The third kappa shape index (κ3) is 3.83. The van der Waals surface area contributed by atoms with Gasteiger partial charge in [-0.05, 0) is 12.1 Å². The van der Waals surface area contributed by atoms with E-state index in [1.165, 1.54) is 30.3 Å². The fraction of sp³-hybridized carbons (Fsp3) is 0.286. The zero-order valence-electron chi connectivity index (χ0n) is 16.4. The van der Waals surface area contributed by atoms with Gasteiger partial charge in [-0.2, -0.15) is 0 Å². The van der Waals surface area contributed by atoms with Crippen LogP contribution < -0.4 is 4.74 Å². The molecule has 3 aromatic rings. The molecule has 0 spiro atoms. The first-order valence-corrected chi connectivity index (χ1v) is 9.52. The zero-order chi connectivity index (χ0) is 23.2. The minimum absolute atomic E-state index is 0.0465. The van der Waals surface area contributed by atoms with E-state index in [9.17, 15) is 40.9 Å². The van der Waals surface area contributed by atoms with Gasteiger partial charge in [-0.3, -0.25) is 0 Å². The Bertz CT molecular complexity index is 1150. The second kappa shape index (κ2) is 8.30. The topological polar surface area (TPSA) is 192 Å². The number of aromatic hydroxyl groups is 4. The van der Waals surface area contributed by atoms with Gasteiger partial charge in [0.2, 0.25) is 12.0 Å². The van der Waals surface area contributed by atoms with Gasteiger partial charge in [0, 0.05) is 18.2 Å². The van der Waals surface area contributed by atoms with E-state index >= 15 is 0 Å². The predicted molar refractivity (Wildman–Crippen MR) is 107 cm³/mol. The van der Waals surface area contributed by atoms with Crippen LogP contribution in [-0.4, -0.2) is 78.2 Å². The zero-order valence-corrected chi connectivity index (χ0v) is 16.4. The molecule has 11 heteroatoms. The van der Waals surface area contributed by atoms with E-state index in [-0.39, 0.29) is 45.3 Å². The summed E-state index contributed by atoms with van der Waals surface area (Å²) in [6.07, 6.45) is -7.76. The average molecular weight is 449 g/mol. The number of fused-ring (bicyclic) bond motifs is 1. The van der Waals surface area contributed by atoms with Crippen molar-refractivity contribution in [1.29, 1.82) is 0 Å². The van der Waals surface area contributed by atoms with Crippen LogP contribution in [0.4, 0.5) is 0 Å². The summed E-state index contributed by atoms with van der Waals surface area (Å²) in [6.45, 7) is -0.661. The van der Waals surface area contributed by atoms with Crippen LogP contribution in [0, 0.1) is 0 Å². The molecule has 2 aromatic carbocycles. The summed E-state index contributed by atoms with van der Waals surface area (Å²) < 4.78 is 16.8. The Kier molecular flexibility index (Phi) is 5.67. The molecule has 0 radical (unpaired) electrons. The molecule has 1 aliphatic rings. The van der Waals surface area contributed by atoms with Gasteiger partial charge in [0.05, 0.1) is 18.2 Å². The lowest BCUT2D eigenvalue weighted by molar-refractivity contribution is -0.277. The number of aliphatic hydroxyl groups is 4. The van der Waals surface area contributed by atoms with Gasteiger partial charge >= 0.3 is 11.3 Å². The first kappa shape index (κ1) is 21.9. The number of aliphatic hydroxyl groups excluding tert-OH is 4. The molecule has 170 valence electrons. The number of phenolic OH excluding ortho intramolecular Hbond substituents is 4. The predicted octanol–water partition coefficient (Wildman–Crippen LogP) is 0.382. The molecule has 5 atom stereocenters. The molecule has 1 aliphatic heterocycles. The monoisotopic (exact) mass is 449 g/mol. The van der Waals surface area contributed by atoms with E-state index in [0.717, 1.165) is 6.07 Å². The summed E-state index contributed by atoms with van der Waals surface area (Å²) in [6, 6.07) is 7.37. The van der Waals surface area contributed by atoms with Crippen LogP contribution in [0.2, 0.25) is 0 Å². The first-order valence-electron chi connectivity index (χ1n) is 9.52. The van der Waals surface area contributed by atoms with E-state index in [2.05, 4.69) is 0 Å². The van der Waals surface area contributed by atoms with Crippen LogP contribution in [0.25, 0.3) is 22.3 Å². The summed E-state index contributed by atoms with van der Waals surface area (Å²) in [5.41, 5.74) is 0.260. The Balaban J connectivity index is 1.84. The first-order chi connectivity index (χ1) is 15.2. The van der Waals surface area contributed by atoms with Crippen molar-refractivity contribution in [3.8, 4) is 40.1 Å². The lowest BCUT2D eigenvalue weighted by atomic mass is 9.99. The molecule has 3 unspecified atom stereocenters. The van der Waals surface area contributed by atoms with Crippen molar-refractivity contribution in [2.45, 2.75) is 30.7 Å². The Morgan fingerprint density at radius 2 is 1.59 bits per heavy atom. The van der Waals surface area contributed by atoms with Gasteiger partial charge in [0.15, 0.2) is 11.5 Å². The molecular formula is C21H21O11+. The number of hydrogen-bond acceptors (Lipinski definition) is 10. The molecule has 0 aliphatic carbocycles. The van der Waals surface area contributed by atoms with E-state index in [1.54, 1.807) is 0 Å².